The highest BCUT2D eigenvalue weighted by atomic mass is 19.4. The van der Waals surface area contributed by atoms with E-state index in [9.17, 15) is 22.8 Å². The molecule has 0 bridgehead atoms. The van der Waals surface area contributed by atoms with Crippen molar-refractivity contribution in [2.24, 2.45) is 5.92 Å². The maximum absolute atomic E-state index is 14.5. The first kappa shape index (κ1) is 28.7. The van der Waals surface area contributed by atoms with Gasteiger partial charge in [-0.25, -0.2) is 14.5 Å². The van der Waals surface area contributed by atoms with Crippen molar-refractivity contribution in [2.75, 3.05) is 0 Å². The van der Waals surface area contributed by atoms with Crippen molar-refractivity contribution < 1.29 is 18.0 Å². The summed E-state index contributed by atoms with van der Waals surface area (Å²) < 4.78 is 45.0. The normalized spacial score (nSPS) is 11.8. The Morgan fingerprint density at radius 2 is 1.57 bits per heavy atom. The van der Waals surface area contributed by atoms with Gasteiger partial charge >= 0.3 is 11.9 Å². The van der Waals surface area contributed by atoms with Gasteiger partial charge in [0.2, 0.25) is 5.91 Å². The number of aromatic amines is 1. The summed E-state index contributed by atoms with van der Waals surface area (Å²) >= 11 is 0. The molecule has 5 aromatic rings. The van der Waals surface area contributed by atoms with Crippen LogP contribution in [0.4, 0.5) is 13.2 Å². The first-order chi connectivity index (χ1) is 20.1. The van der Waals surface area contributed by atoms with Crippen LogP contribution in [0, 0.1) is 5.92 Å². The summed E-state index contributed by atoms with van der Waals surface area (Å²) in [5.41, 5.74) is 1.25. The van der Waals surface area contributed by atoms with Crippen molar-refractivity contribution >= 4 is 5.91 Å². The molecule has 1 N–H and O–H groups in total. The Labute approximate surface area is 239 Å². The van der Waals surface area contributed by atoms with Crippen molar-refractivity contribution in [3.8, 4) is 22.5 Å². The van der Waals surface area contributed by atoms with Crippen molar-refractivity contribution in [1.29, 1.82) is 0 Å². The Morgan fingerprint density at radius 1 is 0.905 bits per heavy atom. The molecule has 11 heteroatoms. The molecular weight excluding hydrogens is 545 g/mol. The van der Waals surface area contributed by atoms with Gasteiger partial charge in [-0.2, -0.15) is 13.2 Å². The van der Waals surface area contributed by atoms with Crippen molar-refractivity contribution in [2.45, 2.75) is 45.8 Å². The van der Waals surface area contributed by atoms with Crippen LogP contribution in [-0.2, 0) is 25.6 Å². The van der Waals surface area contributed by atoms with Crippen LogP contribution >= 0.6 is 0 Å². The van der Waals surface area contributed by atoms with Crippen LogP contribution in [0.1, 0.15) is 47.6 Å². The fourth-order valence-electron chi connectivity index (χ4n) is 4.99. The Morgan fingerprint density at radius 3 is 2.19 bits per heavy atom. The lowest BCUT2D eigenvalue weighted by Gasteiger charge is -2.14. The lowest BCUT2D eigenvalue weighted by Crippen LogP contribution is -2.33. The van der Waals surface area contributed by atoms with Crippen LogP contribution in [0.25, 0.3) is 22.5 Å². The summed E-state index contributed by atoms with van der Waals surface area (Å²) in [6.45, 7) is 3.69. The maximum Gasteiger partial charge on any atom is 0.433 e. The van der Waals surface area contributed by atoms with E-state index in [4.69, 9.17) is 0 Å². The number of carbonyl (C=O) groups excluding carboxylic acids is 1. The number of halogens is 3. The summed E-state index contributed by atoms with van der Waals surface area (Å²) in [7, 11) is 0. The van der Waals surface area contributed by atoms with Crippen molar-refractivity contribution in [3.63, 3.8) is 0 Å². The molecule has 0 atom stereocenters. The summed E-state index contributed by atoms with van der Waals surface area (Å²) in [6, 6.07) is 23.1. The summed E-state index contributed by atoms with van der Waals surface area (Å²) in [5.74, 6) is -0.328. The number of hydrogen-bond acceptors (Lipinski definition) is 5. The lowest BCUT2D eigenvalue weighted by molar-refractivity contribution is -0.143. The van der Waals surface area contributed by atoms with E-state index in [-0.39, 0.29) is 31.0 Å². The van der Waals surface area contributed by atoms with Gasteiger partial charge in [0.15, 0.2) is 11.5 Å². The van der Waals surface area contributed by atoms with Crippen molar-refractivity contribution in [1.82, 2.24) is 29.8 Å². The van der Waals surface area contributed by atoms with Crippen molar-refractivity contribution in [3.05, 3.63) is 112 Å². The standard InChI is InChI=1S/C31H29F3N6O2/c1-20(2)12-17-26-28(31(32,33)34)40(27(41)18-21-8-4-3-5-9-21)30(42)39(26)19-22-13-15-23(16-14-22)24-10-6-7-11-25(24)29-35-37-38-36-29/h3-11,13-16,20H,12,17-19H2,1-2H3,(H,35,36,37,38). The largest absolute Gasteiger partial charge is 0.433 e. The Bertz CT molecular complexity index is 1720. The second-order valence-electron chi connectivity index (χ2n) is 10.5. The second-order valence-corrected chi connectivity index (χ2v) is 10.5. The molecule has 0 fully saturated rings. The SMILES string of the molecule is CC(C)CCc1c(C(F)(F)F)n(C(=O)Cc2ccccc2)c(=O)n1Cc1ccc(-c2ccccc2-c2nnn[nH]2)cc1. The van der Waals surface area contributed by atoms with Gasteiger partial charge in [0.05, 0.1) is 18.7 Å². The number of nitrogens with zero attached hydrogens (tertiary/aromatic N) is 5. The summed E-state index contributed by atoms with van der Waals surface area (Å²) in [6.07, 6.45) is -4.80. The number of nitrogens with one attached hydrogen (secondary N) is 1. The van der Waals surface area contributed by atoms with Crippen LogP contribution in [0.2, 0.25) is 0 Å². The molecule has 216 valence electrons. The average molecular weight is 575 g/mol. The minimum absolute atomic E-state index is 0.00401. The van der Waals surface area contributed by atoms with E-state index in [2.05, 4.69) is 20.6 Å². The van der Waals surface area contributed by atoms with Crippen LogP contribution in [-0.4, -0.2) is 35.7 Å². The highest BCUT2D eigenvalue weighted by Gasteiger charge is 2.42. The monoisotopic (exact) mass is 574 g/mol. The third-order valence-electron chi connectivity index (χ3n) is 7.05. The number of alkyl halides is 3. The first-order valence-corrected chi connectivity index (χ1v) is 13.5. The third kappa shape index (κ3) is 6.09. The molecule has 0 aliphatic rings. The molecule has 0 spiro atoms. The third-order valence-corrected chi connectivity index (χ3v) is 7.05. The predicted octanol–water partition coefficient (Wildman–Crippen LogP) is 6.04. The highest BCUT2D eigenvalue weighted by molar-refractivity contribution is 5.82. The Kier molecular flexibility index (Phi) is 8.19. The van der Waals surface area contributed by atoms with E-state index in [0.29, 0.717) is 27.9 Å². The summed E-state index contributed by atoms with van der Waals surface area (Å²) in [4.78, 5) is 26.8. The van der Waals surface area contributed by atoms with Gasteiger partial charge in [-0.3, -0.25) is 9.36 Å². The molecule has 0 saturated carbocycles. The van der Waals surface area contributed by atoms with Gasteiger partial charge in [0.1, 0.15) is 0 Å². The molecule has 0 saturated heterocycles. The first-order valence-electron chi connectivity index (χ1n) is 13.5. The molecule has 5 rings (SSSR count). The molecular formula is C31H29F3N6O2. The van der Waals surface area contributed by atoms with E-state index < -0.39 is 23.5 Å². The number of rotatable bonds is 9. The van der Waals surface area contributed by atoms with Gasteiger partial charge in [0, 0.05) is 5.56 Å². The zero-order valence-electron chi connectivity index (χ0n) is 23.1. The fraction of sp³-hybridized carbons (Fsp3) is 0.258. The van der Waals surface area contributed by atoms with Crippen LogP contribution in [0.3, 0.4) is 0 Å². The average Bonchev–Trinajstić information content (AvgIpc) is 3.60. The quantitative estimate of drug-likeness (QED) is 0.232. The lowest BCUT2D eigenvalue weighted by atomic mass is 9.98. The molecule has 8 nitrogen and oxygen atoms in total. The zero-order valence-corrected chi connectivity index (χ0v) is 23.1. The fourth-order valence-corrected chi connectivity index (χ4v) is 4.99. The number of tetrazole rings is 1. The predicted molar refractivity (Wildman–Crippen MR) is 152 cm³/mol. The van der Waals surface area contributed by atoms with E-state index in [0.717, 1.165) is 21.3 Å². The molecule has 0 radical (unpaired) electrons. The highest BCUT2D eigenvalue weighted by Crippen LogP contribution is 2.34. The second kappa shape index (κ2) is 12.0. The zero-order chi connectivity index (χ0) is 29.9. The van der Waals surface area contributed by atoms with Gasteiger partial charge < -0.3 is 0 Å². The number of hydrogen-bond donors (Lipinski definition) is 1. The molecule has 2 aromatic heterocycles. The van der Waals surface area contributed by atoms with E-state index in [1.54, 1.807) is 42.5 Å². The molecule has 42 heavy (non-hydrogen) atoms. The molecule has 0 aliphatic heterocycles. The minimum Gasteiger partial charge on any atom is -0.291 e. The van der Waals surface area contributed by atoms with E-state index in [1.165, 1.54) is 0 Å². The number of carbonyl (C=O) groups is 1. The number of aromatic nitrogens is 6. The number of imidazole rings is 1. The minimum atomic E-state index is -4.90. The number of H-pyrrole nitrogens is 1. The summed E-state index contributed by atoms with van der Waals surface area (Å²) in [5, 5.41) is 14.0. The van der Waals surface area contributed by atoms with E-state index in [1.807, 2.05) is 50.2 Å². The smallest absolute Gasteiger partial charge is 0.291 e. The van der Waals surface area contributed by atoms with Crippen LogP contribution < -0.4 is 5.69 Å². The Balaban J connectivity index is 1.54. The van der Waals surface area contributed by atoms with Gasteiger partial charge in [0.25, 0.3) is 0 Å². The number of benzene rings is 3. The molecule has 3 aromatic carbocycles. The van der Waals surface area contributed by atoms with Gasteiger partial charge in [-0.05, 0) is 51.4 Å². The maximum atomic E-state index is 14.5. The molecule has 0 unspecified atom stereocenters. The topological polar surface area (TPSA) is 98.5 Å². The molecule has 0 amide bonds. The van der Waals surface area contributed by atoms with Gasteiger partial charge in [-0.15, -0.1) is 5.10 Å². The van der Waals surface area contributed by atoms with Crippen LogP contribution in [0.15, 0.2) is 83.7 Å². The molecule has 0 aliphatic carbocycles. The van der Waals surface area contributed by atoms with Crippen LogP contribution in [0.5, 0.6) is 0 Å². The Hall–Kier alpha value is -4.80. The molecule has 2 heterocycles. The van der Waals surface area contributed by atoms with Gasteiger partial charge in [-0.1, -0.05) is 92.7 Å². The van der Waals surface area contributed by atoms with E-state index >= 15 is 0 Å².